The van der Waals surface area contributed by atoms with Crippen molar-refractivity contribution in [1.29, 1.82) is 0 Å². The molecule has 0 radical (unpaired) electrons. The molecule has 0 unspecified atom stereocenters. The van der Waals surface area contributed by atoms with E-state index in [0.717, 1.165) is 29.8 Å². The second kappa shape index (κ2) is 3.47. The van der Waals surface area contributed by atoms with Crippen LogP contribution in [0, 0.1) is 0 Å². The molecule has 0 saturated carbocycles. The quantitative estimate of drug-likeness (QED) is 0.712. The number of carbonyl (C=O) groups excluding carboxylic acids is 1. The third-order valence-electron chi connectivity index (χ3n) is 2.44. The molecule has 1 aliphatic heterocycles. The molecule has 0 amide bonds. The summed E-state index contributed by atoms with van der Waals surface area (Å²) in [6, 6.07) is 0. The van der Waals surface area contributed by atoms with Crippen molar-refractivity contribution in [3.8, 4) is 0 Å². The minimum atomic E-state index is 0.0152. The lowest BCUT2D eigenvalue weighted by Crippen LogP contribution is -2.30. The van der Waals surface area contributed by atoms with Crippen molar-refractivity contribution in [2.75, 3.05) is 13.6 Å². The van der Waals surface area contributed by atoms with Crippen LogP contribution in [0.2, 0.25) is 0 Å². The number of likely N-dealkylation sites (N-methyl/N-ethyl adjacent to an activating group) is 1. The van der Waals surface area contributed by atoms with Crippen molar-refractivity contribution in [2.24, 2.45) is 0 Å². The second-order valence-electron chi connectivity index (χ2n) is 3.63. The summed E-state index contributed by atoms with van der Waals surface area (Å²) >= 11 is 3.43. The van der Waals surface area contributed by atoms with Crippen LogP contribution in [0.1, 0.15) is 23.1 Å². The van der Waals surface area contributed by atoms with Gasteiger partial charge >= 0.3 is 0 Å². The van der Waals surface area contributed by atoms with Crippen molar-refractivity contribution in [2.45, 2.75) is 20.0 Å². The molecule has 0 atom stereocenters. The molecule has 0 saturated heterocycles. The predicted molar refractivity (Wildman–Crippen MR) is 56.3 cm³/mol. The standard InChI is InChI=1S/C9H12BrN3O/c1-6(14)9-8(10)7-5-12(2)3-4-13(7)11-9/h3-5H2,1-2H3. The van der Waals surface area contributed by atoms with Gasteiger partial charge in [-0.15, -0.1) is 0 Å². The van der Waals surface area contributed by atoms with Crippen LogP contribution in [-0.2, 0) is 13.1 Å². The van der Waals surface area contributed by atoms with Crippen molar-refractivity contribution in [3.63, 3.8) is 0 Å². The van der Waals surface area contributed by atoms with Gasteiger partial charge in [0.15, 0.2) is 5.78 Å². The molecule has 2 heterocycles. The number of nitrogens with zero attached hydrogens (tertiary/aromatic N) is 3. The maximum Gasteiger partial charge on any atom is 0.181 e. The molecule has 76 valence electrons. The molecule has 1 aliphatic rings. The average Bonchev–Trinajstić information content (AvgIpc) is 2.44. The first-order valence-corrected chi connectivity index (χ1v) is 5.33. The van der Waals surface area contributed by atoms with Gasteiger partial charge < -0.3 is 0 Å². The third kappa shape index (κ3) is 1.50. The summed E-state index contributed by atoms with van der Waals surface area (Å²) in [6.45, 7) is 4.24. The Morgan fingerprint density at radius 3 is 2.86 bits per heavy atom. The maximum atomic E-state index is 11.2. The zero-order valence-electron chi connectivity index (χ0n) is 8.25. The van der Waals surface area contributed by atoms with Gasteiger partial charge in [-0.3, -0.25) is 14.4 Å². The van der Waals surface area contributed by atoms with E-state index in [4.69, 9.17) is 0 Å². The molecule has 0 fully saturated rings. The first kappa shape index (κ1) is 9.86. The summed E-state index contributed by atoms with van der Waals surface area (Å²) < 4.78 is 2.78. The zero-order chi connectivity index (χ0) is 10.3. The maximum absolute atomic E-state index is 11.2. The minimum Gasteiger partial charge on any atom is -0.299 e. The number of halogens is 1. The minimum absolute atomic E-state index is 0.0152. The van der Waals surface area contributed by atoms with Gasteiger partial charge in [-0.2, -0.15) is 5.10 Å². The Balaban J connectivity index is 2.46. The van der Waals surface area contributed by atoms with E-state index >= 15 is 0 Å². The summed E-state index contributed by atoms with van der Waals surface area (Å²) in [5.74, 6) is 0.0152. The van der Waals surface area contributed by atoms with Gasteiger partial charge in [0.05, 0.1) is 16.7 Å². The first-order valence-electron chi connectivity index (χ1n) is 4.54. The summed E-state index contributed by atoms with van der Waals surface area (Å²) in [6.07, 6.45) is 0. The monoisotopic (exact) mass is 257 g/mol. The van der Waals surface area contributed by atoms with E-state index in [2.05, 4.69) is 33.0 Å². The molecule has 2 rings (SSSR count). The number of hydrogen-bond donors (Lipinski definition) is 0. The van der Waals surface area contributed by atoms with Gasteiger partial charge in [0, 0.05) is 20.0 Å². The number of Topliss-reactive ketones (excluding diaryl/α,β-unsaturated/α-hetero) is 1. The van der Waals surface area contributed by atoms with E-state index in [9.17, 15) is 4.79 Å². The normalized spacial score (nSPS) is 16.8. The van der Waals surface area contributed by atoms with Gasteiger partial charge in [0.1, 0.15) is 5.69 Å². The second-order valence-corrected chi connectivity index (χ2v) is 4.42. The molecule has 5 heteroatoms. The number of rotatable bonds is 1. The van der Waals surface area contributed by atoms with E-state index < -0.39 is 0 Å². The smallest absolute Gasteiger partial charge is 0.181 e. The number of ketones is 1. The van der Waals surface area contributed by atoms with E-state index in [-0.39, 0.29) is 5.78 Å². The molecule has 0 N–H and O–H groups in total. The third-order valence-corrected chi connectivity index (χ3v) is 3.27. The lowest BCUT2D eigenvalue weighted by Gasteiger charge is -2.23. The van der Waals surface area contributed by atoms with Gasteiger partial charge in [-0.1, -0.05) is 0 Å². The fourth-order valence-corrected chi connectivity index (χ4v) is 2.32. The van der Waals surface area contributed by atoms with Crippen LogP contribution in [0.4, 0.5) is 0 Å². The molecule has 1 aromatic heterocycles. The molecular formula is C9H12BrN3O. The van der Waals surface area contributed by atoms with Gasteiger partial charge in [-0.25, -0.2) is 0 Å². The predicted octanol–water partition coefficient (Wildman–Crippen LogP) is 1.29. The molecule has 1 aromatic rings. The van der Waals surface area contributed by atoms with Crippen molar-refractivity contribution in [3.05, 3.63) is 15.9 Å². The van der Waals surface area contributed by atoms with Crippen LogP contribution < -0.4 is 0 Å². The molecule has 14 heavy (non-hydrogen) atoms. The van der Waals surface area contributed by atoms with Gasteiger partial charge in [0.2, 0.25) is 0 Å². The Labute approximate surface area is 91.0 Å². The van der Waals surface area contributed by atoms with Crippen LogP contribution in [0.3, 0.4) is 0 Å². The SMILES string of the molecule is CC(=O)c1nn2c(c1Br)CN(C)CC2. The Morgan fingerprint density at radius 2 is 2.21 bits per heavy atom. The van der Waals surface area contributed by atoms with Crippen LogP contribution in [0.15, 0.2) is 4.47 Å². The lowest BCUT2D eigenvalue weighted by molar-refractivity contribution is 0.101. The molecule has 0 spiro atoms. The van der Waals surface area contributed by atoms with Crippen LogP contribution in [-0.4, -0.2) is 34.1 Å². The van der Waals surface area contributed by atoms with Crippen LogP contribution in [0.5, 0.6) is 0 Å². The highest BCUT2D eigenvalue weighted by molar-refractivity contribution is 9.10. The molecular weight excluding hydrogens is 246 g/mol. The van der Waals surface area contributed by atoms with Gasteiger partial charge in [-0.05, 0) is 23.0 Å². The zero-order valence-corrected chi connectivity index (χ0v) is 9.84. The summed E-state index contributed by atoms with van der Waals surface area (Å²) in [7, 11) is 2.07. The number of carbonyl (C=O) groups is 1. The average molecular weight is 258 g/mol. The van der Waals surface area contributed by atoms with E-state index in [1.807, 2.05) is 4.68 Å². The highest BCUT2D eigenvalue weighted by atomic mass is 79.9. The molecule has 0 aromatic carbocycles. The number of aromatic nitrogens is 2. The highest BCUT2D eigenvalue weighted by Gasteiger charge is 2.22. The van der Waals surface area contributed by atoms with E-state index in [1.165, 1.54) is 0 Å². The Bertz CT molecular complexity index is 386. The summed E-state index contributed by atoms with van der Waals surface area (Å²) in [5, 5.41) is 4.28. The summed E-state index contributed by atoms with van der Waals surface area (Å²) in [4.78, 5) is 13.5. The number of hydrogen-bond acceptors (Lipinski definition) is 3. The molecule has 0 bridgehead atoms. The van der Waals surface area contributed by atoms with Crippen LogP contribution in [0.25, 0.3) is 0 Å². The van der Waals surface area contributed by atoms with E-state index in [1.54, 1.807) is 6.92 Å². The molecule has 0 aliphatic carbocycles. The Hall–Kier alpha value is -0.680. The van der Waals surface area contributed by atoms with Crippen molar-refractivity contribution < 1.29 is 4.79 Å². The lowest BCUT2D eigenvalue weighted by atomic mass is 10.2. The Kier molecular flexibility index (Phi) is 2.45. The van der Waals surface area contributed by atoms with Crippen molar-refractivity contribution in [1.82, 2.24) is 14.7 Å². The van der Waals surface area contributed by atoms with Crippen molar-refractivity contribution >= 4 is 21.7 Å². The topological polar surface area (TPSA) is 38.1 Å². The fraction of sp³-hybridized carbons (Fsp3) is 0.556. The fourth-order valence-electron chi connectivity index (χ4n) is 1.64. The largest absolute Gasteiger partial charge is 0.299 e. The summed E-state index contributed by atoms with van der Waals surface area (Å²) in [5.41, 5.74) is 1.65. The van der Waals surface area contributed by atoms with E-state index in [0.29, 0.717) is 5.69 Å². The van der Waals surface area contributed by atoms with Gasteiger partial charge in [0.25, 0.3) is 0 Å². The molecule has 4 nitrogen and oxygen atoms in total. The highest BCUT2D eigenvalue weighted by Crippen LogP contribution is 2.25. The van der Waals surface area contributed by atoms with Crippen LogP contribution >= 0.6 is 15.9 Å². The Morgan fingerprint density at radius 1 is 1.50 bits per heavy atom. The first-order chi connectivity index (χ1) is 6.59. The number of fused-ring (bicyclic) bond motifs is 1.